The van der Waals surface area contributed by atoms with Crippen LogP contribution in [0.15, 0.2) is 41.7 Å². The molecule has 0 saturated heterocycles. The lowest BCUT2D eigenvalue weighted by Crippen LogP contribution is -2.16. The van der Waals surface area contributed by atoms with Gasteiger partial charge in [-0.15, -0.1) is 0 Å². The molecule has 2 aliphatic rings. The number of rotatable bonds is 0. The third kappa shape index (κ3) is 1.07. The maximum Gasteiger partial charge on any atom is 0.142 e. The Morgan fingerprint density at radius 2 is 2.36 bits per heavy atom. The smallest absolute Gasteiger partial charge is 0.142 e. The molecule has 14 heavy (non-hydrogen) atoms. The molecule has 70 valence electrons. The molecule has 0 amide bonds. The van der Waals surface area contributed by atoms with Gasteiger partial charge in [0, 0.05) is 22.7 Å². The Bertz CT molecular complexity index is 439. The minimum Gasteiger partial charge on any atom is -0.483 e. The summed E-state index contributed by atoms with van der Waals surface area (Å²) in [6.45, 7) is 0. The molecule has 0 bridgehead atoms. The molecule has 2 atom stereocenters. The average Bonchev–Trinajstić information content (AvgIpc) is 2.54. The highest BCUT2D eigenvalue weighted by atomic mass is 35.5. The van der Waals surface area contributed by atoms with Gasteiger partial charge in [0.1, 0.15) is 11.9 Å². The summed E-state index contributed by atoms with van der Waals surface area (Å²) in [4.78, 5) is 4.03. The van der Waals surface area contributed by atoms with E-state index in [1.165, 1.54) is 5.56 Å². The van der Waals surface area contributed by atoms with Gasteiger partial charge in [-0.3, -0.25) is 4.98 Å². The van der Waals surface area contributed by atoms with Crippen molar-refractivity contribution in [3.05, 3.63) is 47.3 Å². The molecule has 3 heteroatoms. The molecule has 2 heterocycles. The largest absolute Gasteiger partial charge is 0.483 e. The lowest BCUT2D eigenvalue weighted by Gasteiger charge is -2.15. The van der Waals surface area contributed by atoms with Crippen LogP contribution in [0.5, 0.6) is 5.75 Å². The van der Waals surface area contributed by atoms with Gasteiger partial charge in [0.05, 0.1) is 6.20 Å². The Balaban J connectivity index is 2.08. The van der Waals surface area contributed by atoms with Crippen LogP contribution in [0.3, 0.4) is 0 Å². The van der Waals surface area contributed by atoms with Gasteiger partial charge >= 0.3 is 0 Å². The summed E-state index contributed by atoms with van der Waals surface area (Å²) in [5.74, 6) is 1.17. The Morgan fingerprint density at radius 1 is 1.43 bits per heavy atom. The van der Waals surface area contributed by atoms with E-state index in [0.29, 0.717) is 5.92 Å². The topological polar surface area (TPSA) is 22.1 Å². The van der Waals surface area contributed by atoms with Crippen LogP contribution in [0.1, 0.15) is 11.5 Å². The quantitative estimate of drug-likeness (QED) is 0.650. The van der Waals surface area contributed by atoms with Crippen molar-refractivity contribution in [2.24, 2.45) is 0 Å². The molecule has 0 N–H and O–H groups in total. The Morgan fingerprint density at radius 3 is 3.29 bits per heavy atom. The molecule has 2 nitrogen and oxygen atoms in total. The van der Waals surface area contributed by atoms with Crippen LogP contribution in [0, 0.1) is 0 Å². The summed E-state index contributed by atoms with van der Waals surface area (Å²) in [7, 11) is 0. The fraction of sp³-hybridized carbons (Fsp3) is 0.182. The number of hydrogen-bond acceptors (Lipinski definition) is 2. The number of nitrogens with zero attached hydrogens (tertiary/aromatic N) is 1. The first-order valence-corrected chi connectivity index (χ1v) is 4.88. The first-order chi connectivity index (χ1) is 6.84. The molecular weight excluding hydrogens is 198 g/mol. The zero-order valence-corrected chi connectivity index (χ0v) is 8.11. The zero-order chi connectivity index (χ0) is 9.54. The summed E-state index contributed by atoms with van der Waals surface area (Å²) in [5, 5.41) is 0.743. The lowest BCUT2D eigenvalue weighted by molar-refractivity contribution is 0.268. The van der Waals surface area contributed by atoms with E-state index in [1.54, 1.807) is 12.4 Å². The Labute approximate surface area is 86.9 Å². The van der Waals surface area contributed by atoms with E-state index in [9.17, 15) is 0 Å². The molecular formula is C11H8ClNO. The van der Waals surface area contributed by atoms with Gasteiger partial charge in [0.25, 0.3) is 0 Å². The van der Waals surface area contributed by atoms with Crippen molar-refractivity contribution >= 4 is 11.6 Å². The average molecular weight is 206 g/mol. The van der Waals surface area contributed by atoms with E-state index in [-0.39, 0.29) is 6.10 Å². The van der Waals surface area contributed by atoms with Crippen molar-refractivity contribution in [1.29, 1.82) is 0 Å². The number of aromatic nitrogens is 1. The number of fused-ring (bicyclic) bond motifs is 3. The maximum absolute atomic E-state index is 5.90. The zero-order valence-electron chi connectivity index (χ0n) is 7.35. The second-order valence-corrected chi connectivity index (χ2v) is 3.87. The third-order valence-electron chi connectivity index (χ3n) is 2.58. The van der Waals surface area contributed by atoms with Crippen molar-refractivity contribution < 1.29 is 4.74 Å². The summed E-state index contributed by atoms with van der Waals surface area (Å²) in [6.07, 6.45) is 9.53. The highest BCUT2D eigenvalue weighted by Gasteiger charge is 2.32. The van der Waals surface area contributed by atoms with Crippen LogP contribution in [0.4, 0.5) is 0 Å². The number of allylic oxidation sites excluding steroid dienone is 2. The Hall–Kier alpha value is -1.28. The molecule has 1 aromatic heterocycles. The lowest BCUT2D eigenvalue weighted by atomic mass is 9.93. The van der Waals surface area contributed by atoms with Crippen LogP contribution >= 0.6 is 11.6 Å². The van der Waals surface area contributed by atoms with Gasteiger partial charge in [0.15, 0.2) is 0 Å². The third-order valence-corrected chi connectivity index (χ3v) is 2.83. The van der Waals surface area contributed by atoms with Crippen molar-refractivity contribution in [3.63, 3.8) is 0 Å². The predicted octanol–water partition coefficient (Wildman–Crippen LogP) is 2.62. The first-order valence-electron chi connectivity index (χ1n) is 4.51. The SMILES string of the molecule is ClC1=CC2Oc3cnccc3C2C=C1. The second kappa shape index (κ2) is 2.85. The van der Waals surface area contributed by atoms with E-state index in [2.05, 4.69) is 11.1 Å². The minimum absolute atomic E-state index is 0.0479. The van der Waals surface area contributed by atoms with E-state index < -0.39 is 0 Å². The second-order valence-electron chi connectivity index (χ2n) is 3.43. The fourth-order valence-corrected chi connectivity index (χ4v) is 2.12. The van der Waals surface area contributed by atoms with Gasteiger partial charge < -0.3 is 4.74 Å². The molecule has 0 fully saturated rings. The van der Waals surface area contributed by atoms with Crippen LogP contribution < -0.4 is 4.74 Å². The van der Waals surface area contributed by atoms with Gasteiger partial charge in [-0.05, 0) is 18.2 Å². The Kier molecular flexibility index (Phi) is 1.64. The van der Waals surface area contributed by atoms with Gasteiger partial charge in [-0.1, -0.05) is 17.7 Å². The summed E-state index contributed by atoms with van der Waals surface area (Å²) in [5.41, 5.74) is 1.20. The van der Waals surface area contributed by atoms with Crippen molar-refractivity contribution in [3.8, 4) is 5.75 Å². The number of pyridine rings is 1. The molecule has 2 unspecified atom stereocenters. The highest BCUT2D eigenvalue weighted by molar-refractivity contribution is 6.31. The summed E-state index contributed by atoms with van der Waals surface area (Å²) in [6, 6.07) is 2.00. The minimum atomic E-state index is 0.0479. The highest BCUT2D eigenvalue weighted by Crippen LogP contribution is 2.41. The molecule has 1 aliphatic carbocycles. The predicted molar refractivity (Wildman–Crippen MR) is 54.5 cm³/mol. The van der Waals surface area contributed by atoms with E-state index >= 15 is 0 Å². The molecule has 0 spiro atoms. The van der Waals surface area contributed by atoms with E-state index in [0.717, 1.165) is 10.8 Å². The standard InChI is InChI=1S/C11H8ClNO/c12-7-1-2-8-9-3-4-13-6-11(9)14-10(8)5-7/h1-6,8,10H. The van der Waals surface area contributed by atoms with Crippen LogP contribution in [-0.2, 0) is 0 Å². The monoisotopic (exact) mass is 205 g/mol. The normalized spacial score (nSPS) is 27.6. The van der Waals surface area contributed by atoms with Crippen molar-refractivity contribution in [2.75, 3.05) is 0 Å². The molecule has 0 saturated carbocycles. The van der Waals surface area contributed by atoms with Gasteiger partial charge in [-0.2, -0.15) is 0 Å². The fourth-order valence-electron chi connectivity index (χ4n) is 1.92. The van der Waals surface area contributed by atoms with Crippen LogP contribution in [0.2, 0.25) is 0 Å². The molecule has 0 aromatic carbocycles. The van der Waals surface area contributed by atoms with E-state index in [1.807, 2.05) is 18.2 Å². The molecule has 3 rings (SSSR count). The molecule has 0 radical (unpaired) electrons. The van der Waals surface area contributed by atoms with E-state index in [4.69, 9.17) is 16.3 Å². The first kappa shape index (κ1) is 8.06. The van der Waals surface area contributed by atoms with Gasteiger partial charge in [-0.25, -0.2) is 0 Å². The summed E-state index contributed by atoms with van der Waals surface area (Å²) >= 11 is 5.90. The van der Waals surface area contributed by atoms with Crippen LogP contribution in [-0.4, -0.2) is 11.1 Å². The summed E-state index contributed by atoms with van der Waals surface area (Å²) < 4.78 is 5.71. The number of ether oxygens (including phenoxy) is 1. The van der Waals surface area contributed by atoms with Crippen LogP contribution in [0.25, 0.3) is 0 Å². The number of halogens is 1. The van der Waals surface area contributed by atoms with Crippen molar-refractivity contribution in [1.82, 2.24) is 4.98 Å². The molecule has 1 aromatic rings. The molecule has 1 aliphatic heterocycles. The maximum atomic E-state index is 5.90. The van der Waals surface area contributed by atoms with Gasteiger partial charge in [0.2, 0.25) is 0 Å². The number of hydrogen-bond donors (Lipinski definition) is 0. The van der Waals surface area contributed by atoms with Crippen molar-refractivity contribution in [2.45, 2.75) is 12.0 Å².